The number of hydrogen-bond donors (Lipinski definition) is 1. The molecule has 92 valence electrons. The van der Waals surface area contributed by atoms with E-state index in [0.29, 0.717) is 5.02 Å². The van der Waals surface area contributed by atoms with Crippen molar-refractivity contribution in [3.05, 3.63) is 16.9 Å². The number of aromatic nitrogens is 2. The van der Waals surface area contributed by atoms with Gasteiger partial charge in [0, 0.05) is 6.54 Å². The molecule has 0 aliphatic heterocycles. The van der Waals surface area contributed by atoms with Crippen LogP contribution in [0.4, 0.5) is 0 Å². The predicted octanol–water partition coefficient (Wildman–Crippen LogP) is 1.79. The Morgan fingerprint density at radius 3 is 2.62 bits per heavy atom. The van der Waals surface area contributed by atoms with Gasteiger partial charge in [-0.1, -0.05) is 25.4 Å². The van der Waals surface area contributed by atoms with Crippen molar-refractivity contribution in [2.24, 2.45) is 5.92 Å². The third-order valence-corrected chi connectivity index (χ3v) is 2.80. The summed E-state index contributed by atoms with van der Waals surface area (Å²) in [6, 6.07) is 0. The van der Waals surface area contributed by atoms with Gasteiger partial charge < -0.3 is 10.0 Å². The predicted molar refractivity (Wildman–Crippen MR) is 65.6 cm³/mol. The maximum atomic E-state index is 10.1. The molecule has 1 aromatic rings. The van der Waals surface area contributed by atoms with Crippen molar-refractivity contribution in [1.29, 1.82) is 0 Å². The Balaban J connectivity index is 2.85. The minimum Gasteiger partial charge on any atom is -0.386 e. The van der Waals surface area contributed by atoms with Crippen molar-refractivity contribution < 1.29 is 5.11 Å². The summed E-state index contributed by atoms with van der Waals surface area (Å²) >= 11 is 6.04. The Labute approximate surface area is 102 Å². The zero-order valence-corrected chi connectivity index (χ0v) is 11.1. The zero-order chi connectivity index (χ0) is 12.3. The van der Waals surface area contributed by atoms with Gasteiger partial charge in [0.05, 0.1) is 29.6 Å². The molecular formula is C11H20ClN3O. The molecule has 1 heterocycles. The molecule has 1 unspecified atom stereocenters. The van der Waals surface area contributed by atoms with Gasteiger partial charge in [0.1, 0.15) is 0 Å². The Hall–Kier alpha value is -0.580. The van der Waals surface area contributed by atoms with Crippen LogP contribution in [-0.2, 0) is 6.54 Å². The van der Waals surface area contributed by atoms with Crippen LogP contribution >= 0.6 is 11.6 Å². The van der Waals surface area contributed by atoms with Crippen molar-refractivity contribution in [1.82, 2.24) is 14.7 Å². The Kier molecular flexibility index (Phi) is 4.77. The SMILES string of the molecule is CC(C)C(O)c1c(Cl)cnn1CCN(C)C. The second-order valence-electron chi connectivity index (χ2n) is 4.59. The molecule has 0 bridgehead atoms. The first-order chi connectivity index (χ1) is 7.43. The van der Waals surface area contributed by atoms with E-state index >= 15 is 0 Å². The normalized spacial score (nSPS) is 13.8. The molecule has 1 aromatic heterocycles. The highest BCUT2D eigenvalue weighted by molar-refractivity contribution is 6.31. The molecule has 0 radical (unpaired) electrons. The van der Waals surface area contributed by atoms with E-state index in [4.69, 9.17) is 11.6 Å². The molecule has 0 aromatic carbocycles. The lowest BCUT2D eigenvalue weighted by atomic mass is 10.0. The van der Waals surface area contributed by atoms with Gasteiger partial charge in [0.15, 0.2) is 0 Å². The van der Waals surface area contributed by atoms with Crippen molar-refractivity contribution in [2.75, 3.05) is 20.6 Å². The van der Waals surface area contributed by atoms with Crippen molar-refractivity contribution in [3.8, 4) is 0 Å². The van der Waals surface area contributed by atoms with Crippen LogP contribution in [0.5, 0.6) is 0 Å². The highest BCUT2D eigenvalue weighted by atomic mass is 35.5. The smallest absolute Gasteiger partial charge is 0.0994 e. The average Bonchev–Trinajstić information content (AvgIpc) is 2.55. The van der Waals surface area contributed by atoms with E-state index in [1.165, 1.54) is 0 Å². The third kappa shape index (κ3) is 3.20. The van der Waals surface area contributed by atoms with Gasteiger partial charge in [-0.3, -0.25) is 4.68 Å². The topological polar surface area (TPSA) is 41.3 Å². The summed E-state index contributed by atoms with van der Waals surface area (Å²) in [7, 11) is 4.01. The van der Waals surface area contributed by atoms with Crippen LogP contribution in [0.3, 0.4) is 0 Å². The maximum Gasteiger partial charge on any atom is 0.0994 e. The van der Waals surface area contributed by atoms with Gasteiger partial charge in [-0.15, -0.1) is 0 Å². The first-order valence-corrected chi connectivity index (χ1v) is 5.85. The molecule has 1 atom stereocenters. The summed E-state index contributed by atoms with van der Waals surface area (Å²) in [5.74, 6) is 0.132. The molecule has 4 nitrogen and oxygen atoms in total. The van der Waals surface area contributed by atoms with Crippen molar-refractivity contribution in [3.63, 3.8) is 0 Å². The highest BCUT2D eigenvalue weighted by Gasteiger charge is 2.20. The summed E-state index contributed by atoms with van der Waals surface area (Å²) in [5, 5.41) is 14.8. The maximum absolute atomic E-state index is 10.1. The molecule has 0 saturated heterocycles. The molecule has 16 heavy (non-hydrogen) atoms. The standard InChI is InChI=1S/C11H20ClN3O/c1-8(2)11(16)10-9(12)7-13-15(10)6-5-14(3)4/h7-8,11,16H,5-6H2,1-4H3. The van der Waals surface area contributed by atoms with Crippen LogP contribution in [0.1, 0.15) is 25.6 Å². The second-order valence-corrected chi connectivity index (χ2v) is 5.00. The number of hydrogen-bond acceptors (Lipinski definition) is 3. The summed E-state index contributed by atoms with van der Waals surface area (Å²) in [5.41, 5.74) is 0.721. The summed E-state index contributed by atoms with van der Waals surface area (Å²) in [6.45, 7) is 5.53. The van der Waals surface area contributed by atoms with Crippen LogP contribution in [0.2, 0.25) is 5.02 Å². The largest absolute Gasteiger partial charge is 0.386 e. The van der Waals surface area contributed by atoms with E-state index in [2.05, 4.69) is 10.00 Å². The van der Waals surface area contributed by atoms with E-state index in [1.54, 1.807) is 10.9 Å². The fraction of sp³-hybridized carbons (Fsp3) is 0.727. The molecule has 0 amide bonds. The van der Waals surface area contributed by atoms with E-state index in [1.807, 2.05) is 27.9 Å². The number of aliphatic hydroxyl groups is 1. The van der Waals surface area contributed by atoms with E-state index < -0.39 is 6.10 Å². The molecule has 1 N–H and O–H groups in total. The molecule has 1 rings (SSSR count). The molecule has 5 heteroatoms. The Morgan fingerprint density at radius 1 is 1.50 bits per heavy atom. The fourth-order valence-electron chi connectivity index (χ4n) is 1.45. The van der Waals surface area contributed by atoms with Gasteiger partial charge in [-0.05, 0) is 20.0 Å². The average molecular weight is 246 g/mol. The number of halogens is 1. The number of aliphatic hydroxyl groups excluding tert-OH is 1. The molecule has 0 spiro atoms. The van der Waals surface area contributed by atoms with Gasteiger partial charge in [0.25, 0.3) is 0 Å². The van der Waals surface area contributed by atoms with Crippen LogP contribution < -0.4 is 0 Å². The lowest BCUT2D eigenvalue weighted by molar-refractivity contribution is 0.116. The molecule has 0 saturated carbocycles. The lowest BCUT2D eigenvalue weighted by Gasteiger charge is -2.18. The first kappa shape index (κ1) is 13.5. The minimum absolute atomic E-state index is 0.132. The van der Waals surface area contributed by atoms with Crippen LogP contribution in [0.25, 0.3) is 0 Å². The highest BCUT2D eigenvalue weighted by Crippen LogP contribution is 2.27. The quantitative estimate of drug-likeness (QED) is 0.860. The van der Waals surface area contributed by atoms with Crippen molar-refractivity contribution >= 4 is 11.6 Å². The molecular weight excluding hydrogens is 226 g/mol. The zero-order valence-electron chi connectivity index (χ0n) is 10.3. The van der Waals surface area contributed by atoms with Crippen LogP contribution in [0, 0.1) is 5.92 Å². The molecule has 0 aliphatic carbocycles. The van der Waals surface area contributed by atoms with Gasteiger partial charge in [-0.25, -0.2) is 0 Å². The summed E-state index contributed by atoms with van der Waals surface area (Å²) < 4.78 is 1.78. The Bertz CT molecular complexity index is 336. The van der Waals surface area contributed by atoms with E-state index in [9.17, 15) is 5.11 Å². The van der Waals surface area contributed by atoms with E-state index in [0.717, 1.165) is 18.8 Å². The number of nitrogens with zero attached hydrogens (tertiary/aromatic N) is 3. The van der Waals surface area contributed by atoms with E-state index in [-0.39, 0.29) is 5.92 Å². The van der Waals surface area contributed by atoms with Crippen LogP contribution in [-0.4, -0.2) is 40.4 Å². The lowest BCUT2D eigenvalue weighted by Crippen LogP contribution is -2.22. The van der Waals surface area contributed by atoms with Gasteiger partial charge >= 0.3 is 0 Å². The third-order valence-electron chi connectivity index (χ3n) is 2.50. The minimum atomic E-state index is -0.558. The van der Waals surface area contributed by atoms with Crippen LogP contribution in [0.15, 0.2) is 6.20 Å². The second kappa shape index (κ2) is 5.66. The number of likely N-dealkylation sites (N-methyl/N-ethyl adjacent to an activating group) is 1. The fourth-order valence-corrected chi connectivity index (χ4v) is 1.71. The van der Waals surface area contributed by atoms with Crippen molar-refractivity contribution in [2.45, 2.75) is 26.5 Å². The van der Waals surface area contributed by atoms with Gasteiger partial charge in [0.2, 0.25) is 0 Å². The summed E-state index contributed by atoms with van der Waals surface area (Å²) in [4.78, 5) is 2.07. The number of rotatable bonds is 5. The Morgan fingerprint density at radius 2 is 2.12 bits per heavy atom. The molecule has 0 aliphatic rings. The first-order valence-electron chi connectivity index (χ1n) is 5.47. The molecule has 0 fully saturated rings. The summed E-state index contributed by atoms with van der Waals surface area (Å²) in [6.07, 6.45) is 1.04. The monoisotopic (exact) mass is 245 g/mol. The van der Waals surface area contributed by atoms with Gasteiger partial charge in [-0.2, -0.15) is 5.10 Å².